The fourth-order valence-electron chi connectivity index (χ4n) is 1.73. The maximum atomic E-state index is 13.0. The van der Waals surface area contributed by atoms with Gasteiger partial charge >= 0.3 is 0 Å². The first-order valence-corrected chi connectivity index (χ1v) is 8.04. The normalized spacial score (nSPS) is 13.6. The van der Waals surface area contributed by atoms with Gasteiger partial charge in [-0.25, -0.2) is 4.39 Å². The number of allylic oxidation sites excluding steroid dienone is 4. The maximum absolute atomic E-state index is 13.0. The lowest BCUT2D eigenvalue weighted by molar-refractivity contribution is 0.361. The molecule has 0 amide bonds. The molecule has 0 saturated heterocycles. The van der Waals surface area contributed by atoms with Crippen LogP contribution >= 0.6 is 0 Å². The van der Waals surface area contributed by atoms with Crippen molar-refractivity contribution >= 4 is 0 Å². The summed E-state index contributed by atoms with van der Waals surface area (Å²) in [5.41, 5.74) is 10.1. The topological polar surface area (TPSA) is 26.0 Å². The number of nitrogens with two attached hydrogens (primary N) is 1. The summed E-state index contributed by atoms with van der Waals surface area (Å²) in [7, 11) is 0.500. The summed E-state index contributed by atoms with van der Waals surface area (Å²) in [4.78, 5) is 0. The first-order chi connectivity index (χ1) is 10.2. The summed E-state index contributed by atoms with van der Waals surface area (Å²) in [6.07, 6.45) is 1.45. The van der Waals surface area contributed by atoms with Gasteiger partial charge in [-0.2, -0.15) is 0 Å². The molecule has 0 aromatic heterocycles. The van der Waals surface area contributed by atoms with Crippen LogP contribution in [0.1, 0.15) is 61.8 Å². The van der Waals surface area contributed by atoms with Crippen molar-refractivity contribution in [2.24, 2.45) is 17.6 Å². The smallest absolute Gasteiger partial charge is 0.101 e. The van der Waals surface area contributed by atoms with Crippen LogP contribution in [0.4, 0.5) is 8.78 Å². The van der Waals surface area contributed by atoms with Crippen LogP contribution in [0, 0.1) is 11.8 Å². The second kappa shape index (κ2) is 14.8. The van der Waals surface area contributed by atoms with Crippen LogP contribution in [0.2, 0.25) is 0 Å². The number of alkyl halides is 2. The van der Waals surface area contributed by atoms with Gasteiger partial charge in [0.1, 0.15) is 6.17 Å². The van der Waals surface area contributed by atoms with Gasteiger partial charge in [0.2, 0.25) is 0 Å². The lowest BCUT2D eigenvalue weighted by atomic mass is 9.91. The molecule has 0 fully saturated rings. The van der Waals surface area contributed by atoms with Crippen molar-refractivity contribution in [2.75, 3.05) is 7.18 Å². The molecule has 1 unspecified atom stereocenters. The van der Waals surface area contributed by atoms with E-state index in [1.807, 2.05) is 19.9 Å². The van der Waals surface area contributed by atoms with Gasteiger partial charge in [-0.3, -0.25) is 4.39 Å². The van der Waals surface area contributed by atoms with Gasteiger partial charge < -0.3 is 5.73 Å². The molecule has 0 rings (SSSR count). The van der Waals surface area contributed by atoms with E-state index >= 15 is 0 Å². The molecule has 22 heavy (non-hydrogen) atoms. The first-order valence-electron chi connectivity index (χ1n) is 8.04. The molecular weight excluding hydrogens is 280 g/mol. The molecule has 1 nitrogen and oxygen atoms in total. The molecule has 0 aliphatic rings. The third-order valence-corrected chi connectivity index (χ3v) is 3.13. The van der Waals surface area contributed by atoms with Gasteiger partial charge in [0, 0.05) is 12.1 Å². The van der Waals surface area contributed by atoms with Crippen molar-refractivity contribution in [3.05, 3.63) is 35.1 Å². The highest BCUT2D eigenvalue weighted by Gasteiger charge is 2.12. The lowest BCUT2D eigenvalue weighted by Gasteiger charge is -2.18. The van der Waals surface area contributed by atoms with E-state index in [0.717, 1.165) is 16.8 Å². The molecule has 1 atom stereocenters. The second-order valence-corrected chi connectivity index (χ2v) is 5.65. The molecular formula is C19H37F2N. The molecule has 0 spiro atoms. The van der Waals surface area contributed by atoms with Crippen molar-refractivity contribution < 1.29 is 8.78 Å². The van der Waals surface area contributed by atoms with E-state index < -0.39 is 6.17 Å². The van der Waals surface area contributed by atoms with Crippen molar-refractivity contribution in [2.45, 2.75) is 68.0 Å². The fraction of sp³-hybridized carbons (Fsp3) is 0.684. The molecule has 0 aromatic rings. The van der Waals surface area contributed by atoms with Gasteiger partial charge in [0.05, 0.1) is 7.18 Å². The zero-order chi connectivity index (χ0) is 18.5. The summed E-state index contributed by atoms with van der Waals surface area (Å²) in [6.45, 7) is 19.9. The molecule has 3 heteroatoms. The Labute approximate surface area is 137 Å². The van der Waals surface area contributed by atoms with Crippen LogP contribution in [0.3, 0.4) is 0 Å². The number of halogens is 2. The average Bonchev–Trinajstić information content (AvgIpc) is 2.46. The van der Waals surface area contributed by atoms with E-state index in [9.17, 15) is 8.78 Å². The van der Waals surface area contributed by atoms with Gasteiger partial charge in [-0.15, -0.1) is 0 Å². The number of hydrogen-bond acceptors (Lipinski definition) is 1. The quantitative estimate of drug-likeness (QED) is 0.566. The third-order valence-electron chi connectivity index (χ3n) is 3.13. The molecule has 132 valence electrons. The van der Waals surface area contributed by atoms with Crippen molar-refractivity contribution in [3.63, 3.8) is 0 Å². The van der Waals surface area contributed by atoms with Crippen molar-refractivity contribution in [3.8, 4) is 0 Å². The van der Waals surface area contributed by atoms with Crippen LogP contribution in [0.25, 0.3) is 0 Å². The highest BCUT2D eigenvalue weighted by molar-refractivity contribution is 5.39. The Balaban J connectivity index is -0.000000826. The van der Waals surface area contributed by atoms with E-state index in [-0.39, 0.29) is 0 Å². The Morgan fingerprint density at radius 1 is 1.05 bits per heavy atom. The predicted molar refractivity (Wildman–Crippen MR) is 97.4 cm³/mol. The Hall–Kier alpha value is -1.12. The maximum Gasteiger partial charge on any atom is 0.101 e. The Morgan fingerprint density at radius 2 is 1.45 bits per heavy atom. The predicted octanol–water partition coefficient (Wildman–Crippen LogP) is 6.37. The van der Waals surface area contributed by atoms with Crippen LogP contribution in [0.15, 0.2) is 35.1 Å². The summed E-state index contributed by atoms with van der Waals surface area (Å²) in [5.74, 6) is 0.728. The third kappa shape index (κ3) is 11.5. The van der Waals surface area contributed by atoms with E-state index in [1.165, 1.54) is 5.57 Å². The minimum Gasteiger partial charge on any atom is -0.399 e. The van der Waals surface area contributed by atoms with Crippen LogP contribution < -0.4 is 5.73 Å². The van der Waals surface area contributed by atoms with E-state index in [0.29, 0.717) is 25.4 Å². The molecule has 0 bridgehead atoms. The van der Waals surface area contributed by atoms with Crippen molar-refractivity contribution in [1.29, 1.82) is 0 Å². The van der Waals surface area contributed by atoms with E-state index in [2.05, 4.69) is 41.2 Å². The van der Waals surface area contributed by atoms with Crippen molar-refractivity contribution in [1.82, 2.24) is 0 Å². The standard InChI is InChI=1S/C16H28FN.C2H6.CH3F/c1-10(2)14(7)16(18)15(11(3)4)9-12(5)8-13(6)17;2*1-2/h9-11,13H,5,8,18H2,1-4,6-7H3;1-2H3;1H3/b15-9-,16-14-;;. The molecule has 0 radical (unpaired) electrons. The highest BCUT2D eigenvalue weighted by Crippen LogP contribution is 2.24. The summed E-state index contributed by atoms with van der Waals surface area (Å²) in [5, 5.41) is 0. The summed E-state index contributed by atoms with van der Waals surface area (Å²) in [6, 6.07) is 0. The highest BCUT2D eigenvalue weighted by atomic mass is 19.1. The minimum absolute atomic E-state index is 0.311. The SMILES string of the molecule is C=C(/C=C(\C(N)=C(/C)C(C)C)C(C)C)CC(C)F.CC.CF. The van der Waals surface area contributed by atoms with E-state index in [1.54, 1.807) is 6.92 Å². The molecule has 0 aromatic carbocycles. The molecule has 0 aliphatic heterocycles. The fourth-order valence-corrected chi connectivity index (χ4v) is 1.73. The molecule has 0 saturated carbocycles. The Bertz CT molecular complexity index is 350. The zero-order valence-electron chi connectivity index (χ0n) is 16.1. The lowest BCUT2D eigenvalue weighted by Crippen LogP contribution is -2.12. The largest absolute Gasteiger partial charge is 0.399 e. The molecule has 2 N–H and O–H groups in total. The minimum atomic E-state index is -0.862. The summed E-state index contributed by atoms with van der Waals surface area (Å²) < 4.78 is 22.5. The number of rotatable bonds is 6. The van der Waals surface area contributed by atoms with Gasteiger partial charge in [0.15, 0.2) is 0 Å². The average molecular weight is 318 g/mol. The Morgan fingerprint density at radius 3 is 1.73 bits per heavy atom. The first kappa shape index (κ1) is 25.8. The van der Waals surface area contributed by atoms with Crippen LogP contribution in [0.5, 0.6) is 0 Å². The molecule has 0 heterocycles. The second-order valence-electron chi connectivity index (χ2n) is 5.65. The van der Waals surface area contributed by atoms with Crippen LogP contribution in [-0.2, 0) is 0 Å². The van der Waals surface area contributed by atoms with Gasteiger partial charge in [-0.05, 0) is 36.8 Å². The Kier molecular flexibility index (Phi) is 17.4. The van der Waals surface area contributed by atoms with E-state index in [4.69, 9.17) is 5.73 Å². The number of hydrogen-bond donors (Lipinski definition) is 1. The van der Waals surface area contributed by atoms with Crippen LogP contribution in [-0.4, -0.2) is 13.3 Å². The monoisotopic (exact) mass is 317 g/mol. The van der Waals surface area contributed by atoms with Gasteiger partial charge in [0.25, 0.3) is 0 Å². The van der Waals surface area contributed by atoms with Gasteiger partial charge in [-0.1, -0.05) is 59.8 Å². The molecule has 0 aliphatic carbocycles. The summed E-state index contributed by atoms with van der Waals surface area (Å²) >= 11 is 0. The zero-order valence-corrected chi connectivity index (χ0v) is 16.1.